The number of H-pyrrole nitrogens is 1. The lowest BCUT2D eigenvalue weighted by atomic mass is 10.1. The van der Waals surface area contributed by atoms with Crippen LogP contribution in [-0.4, -0.2) is 30.1 Å². The van der Waals surface area contributed by atoms with Crippen LogP contribution in [0.3, 0.4) is 0 Å². The van der Waals surface area contributed by atoms with Crippen LogP contribution in [0.5, 0.6) is 11.5 Å². The van der Waals surface area contributed by atoms with Gasteiger partial charge in [-0.05, 0) is 30.2 Å². The second-order valence-electron chi connectivity index (χ2n) is 6.50. The van der Waals surface area contributed by atoms with E-state index >= 15 is 0 Å². The number of carbonyl (C=O) groups excluding carboxylic acids is 1. The topological polar surface area (TPSA) is 63.4 Å². The highest BCUT2D eigenvalue weighted by Gasteiger charge is 2.20. The van der Waals surface area contributed by atoms with Crippen molar-refractivity contribution in [2.24, 2.45) is 0 Å². The highest BCUT2D eigenvalue weighted by Crippen LogP contribution is 2.31. The Morgan fingerprint density at radius 2 is 1.92 bits per heavy atom. The molecule has 1 amide bonds. The second kappa shape index (κ2) is 7.52. The van der Waals surface area contributed by atoms with Crippen LogP contribution in [0.1, 0.15) is 18.4 Å². The number of amides is 1. The summed E-state index contributed by atoms with van der Waals surface area (Å²) < 4.78 is 11.6. The van der Waals surface area contributed by atoms with Crippen LogP contribution in [0.2, 0.25) is 0 Å². The molecule has 0 spiro atoms. The number of fused-ring (bicyclic) bond motifs is 2. The summed E-state index contributed by atoms with van der Waals surface area (Å²) in [6.07, 6.45) is 3.90. The third-order valence-corrected chi connectivity index (χ3v) is 4.65. The molecule has 5 nitrogen and oxygen atoms in total. The van der Waals surface area contributed by atoms with Crippen molar-refractivity contribution in [3.8, 4) is 11.5 Å². The summed E-state index contributed by atoms with van der Waals surface area (Å²) >= 11 is 0. The van der Waals surface area contributed by atoms with Crippen LogP contribution < -0.4 is 14.8 Å². The van der Waals surface area contributed by atoms with E-state index in [1.54, 1.807) is 0 Å². The molecule has 0 saturated carbocycles. The number of nitrogens with one attached hydrogen (secondary N) is 2. The molecule has 1 atom stereocenters. The lowest BCUT2D eigenvalue weighted by molar-refractivity contribution is -0.121. The Hall–Kier alpha value is -2.95. The number of hydrogen-bond donors (Lipinski definition) is 2. The number of benzene rings is 2. The molecule has 5 heteroatoms. The first kappa shape index (κ1) is 16.5. The van der Waals surface area contributed by atoms with E-state index in [0.717, 1.165) is 29.9 Å². The monoisotopic (exact) mass is 350 g/mol. The summed E-state index contributed by atoms with van der Waals surface area (Å²) in [5.41, 5.74) is 2.29. The van der Waals surface area contributed by atoms with E-state index in [-0.39, 0.29) is 12.0 Å². The Bertz CT molecular complexity index is 903. The molecule has 0 saturated heterocycles. The van der Waals surface area contributed by atoms with Gasteiger partial charge in [-0.1, -0.05) is 30.3 Å². The number of ether oxygens (including phenoxy) is 2. The standard InChI is InChI=1S/C21H22N2O3/c24-21(10-9-15-13-23-18-6-2-1-5-17(15)18)22-12-11-16-14-25-19-7-3-4-8-20(19)26-16/h1-8,13,16,23H,9-12,14H2,(H,22,24)/t16-/m0/s1. The molecular weight excluding hydrogens is 328 g/mol. The van der Waals surface area contributed by atoms with Crippen molar-refractivity contribution in [3.63, 3.8) is 0 Å². The third-order valence-electron chi connectivity index (χ3n) is 4.65. The molecule has 3 aromatic rings. The summed E-state index contributed by atoms with van der Waals surface area (Å²) in [6.45, 7) is 1.10. The Morgan fingerprint density at radius 1 is 1.12 bits per heavy atom. The zero-order valence-electron chi connectivity index (χ0n) is 14.5. The first-order chi connectivity index (χ1) is 12.8. The van der Waals surface area contributed by atoms with Gasteiger partial charge >= 0.3 is 0 Å². The highest BCUT2D eigenvalue weighted by atomic mass is 16.6. The minimum absolute atomic E-state index is 0.0289. The number of aromatic amines is 1. The number of aryl methyl sites for hydroxylation is 1. The van der Waals surface area contributed by atoms with Crippen LogP contribution >= 0.6 is 0 Å². The Labute approximate surface area is 152 Å². The number of hydrogen-bond acceptors (Lipinski definition) is 3. The van der Waals surface area contributed by atoms with Crippen LogP contribution in [0.25, 0.3) is 10.9 Å². The smallest absolute Gasteiger partial charge is 0.220 e. The molecule has 2 heterocycles. The lowest BCUT2D eigenvalue weighted by Crippen LogP contribution is -2.34. The number of para-hydroxylation sites is 3. The van der Waals surface area contributed by atoms with E-state index in [1.807, 2.05) is 48.7 Å². The molecule has 2 N–H and O–H groups in total. The SMILES string of the molecule is O=C(CCc1c[nH]c2ccccc12)NCC[C@H]1COc2ccccc2O1. The maximum absolute atomic E-state index is 12.1. The molecule has 4 rings (SSSR count). The van der Waals surface area contributed by atoms with Gasteiger partial charge in [0.2, 0.25) is 5.91 Å². The minimum Gasteiger partial charge on any atom is -0.486 e. The van der Waals surface area contributed by atoms with Crippen molar-refractivity contribution < 1.29 is 14.3 Å². The van der Waals surface area contributed by atoms with Gasteiger partial charge in [0.15, 0.2) is 11.5 Å². The van der Waals surface area contributed by atoms with Crippen LogP contribution in [-0.2, 0) is 11.2 Å². The molecule has 26 heavy (non-hydrogen) atoms. The summed E-state index contributed by atoms with van der Waals surface area (Å²) in [7, 11) is 0. The first-order valence-electron chi connectivity index (χ1n) is 9.00. The predicted molar refractivity (Wildman–Crippen MR) is 101 cm³/mol. The molecule has 0 radical (unpaired) electrons. The Morgan fingerprint density at radius 3 is 2.85 bits per heavy atom. The third kappa shape index (κ3) is 3.67. The van der Waals surface area contributed by atoms with E-state index < -0.39 is 0 Å². The van der Waals surface area contributed by atoms with Gasteiger partial charge in [0.25, 0.3) is 0 Å². The average molecular weight is 350 g/mol. The Balaban J connectivity index is 1.21. The number of carbonyl (C=O) groups is 1. The van der Waals surface area contributed by atoms with Gasteiger partial charge in [-0.15, -0.1) is 0 Å². The molecule has 2 aromatic carbocycles. The van der Waals surface area contributed by atoms with E-state index in [9.17, 15) is 4.79 Å². The molecule has 1 aliphatic heterocycles. The van der Waals surface area contributed by atoms with Gasteiger partial charge in [-0.25, -0.2) is 0 Å². The van der Waals surface area contributed by atoms with Crippen LogP contribution in [0, 0.1) is 0 Å². The molecule has 0 aliphatic carbocycles. The van der Waals surface area contributed by atoms with Crippen LogP contribution in [0.4, 0.5) is 0 Å². The van der Waals surface area contributed by atoms with Crippen molar-refractivity contribution in [2.75, 3.05) is 13.2 Å². The molecule has 0 unspecified atom stereocenters. The van der Waals surface area contributed by atoms with Gasteiger partial charge in [-0.3, -0.25) is 4.79 Å². The van der Waals surface area contributed by atoms with Crippen molar-refractivity contribution in [1.29, 1.82) is 0 Å². The molecule has 1 aromatic heterocycles. The maximum Gasteiger partial charge on any atom is 0.220 e. The fourth-order valence-corrected chi connectivity index (χ4v) is 3.25. The van der Waals surface area contributed by atoms with Gasteiger partial charge in [0, 0.05) is 36.5 Å². The molecule has 0 bridgehead atoms. The highest BCUT2D eigenvalue weighted by molar-refractivity contribution is 5.84. The van der Waals surface area contributed by atoms with Crippen molar-refractivity contribution in [2.45, 2.75) is 25.4 Å². The largest absolute Gasteiger partial charge is 0.486 e. The average Bonchev–Trinajstić information content (AvgIpc) is 3.09. The number of rotatable bonds is 6. The fourth-order valence-electron chi connectivity index (χ4n) is 3.25. The zero-order chi connectivity index (χ0) is 17.8. The summed E-state index contributed by atoms with van der Waals surface area (Å²) in [6, 6.07) is 15.8. The van der Waals surface area contributed by atoms with Gasteiger partial charge < -0.3 is 19.8 Å². The van der Waals surface area contributed by atoms with Crippen molar-refractivity contribution in [1.82, 2.24) is 10.3 Å². The quantitative estimate of drug-likeness (QED) is 0.716. The van der Waals surface area contributed by atoms with E-state index in [1.165, 1.54) is 10.9 Å². The lowest BCUT2D eigenvalue weighted by Gasteiger charge is -2.26. The second-order valence-corrected chi connectivity index (χ2v) is 6.50. The molecular formula is C21H22N2O3. The van der Waals surface area contributed by atoms with Crippen molar-refractivity contribution in [3.05, 3.63) is 60.3 Å². The minimum atomic E-state index is -0.0289. The molecule has 1 aliphatic rings. The van der Waals surface area contributed by atoms with Gasteiger partial charge in [0.05, 0.1) is 0 Å². The molecule has 134 valence electrons. The van der Waals surface area contributed by atoms with E-state index in [0.29, 0.717) is 19.6 Å². The van der Waals surface area contributed by atoms with E-state index in [4.69, 9.17) is 9.47 Å². The Kier molecular flexibility index (Phi) is 4.78. The van der Waals surface area contributed by atoms with Crippen LogP contribution in [0.15, 0.2) is 54.7 Å². The summed E-state index contributed by atoms with van der Waals surface area (Å²) in [4.78, 5) is 15.4. The predicted octanol–water partition coefficient (Wildman–Crippen LogP) is 3.45. The summed E-state index contributed by atoms with van der Waals surface area (Å²) in [5, 5.41) is 4.17. The normalized spacial score (nSPS) is 15.8. The van der Waals surface area contributed by atoms with E-state index in [2.05, 4.69) is 16.4 Å². The van der Waals surface area contributed by atoms with Gasteiger partial charge in [-0.2, -0.15) is 0 Å². The van der Waals surface area contributed by atoms with Crippen molar-refractivity contribution >= 4 is 16.8 Å². The fraction of sp³-hybridized carbons (Fsp3) is 0.286. The number of aromatic nitrogens is 1. The maximum atomic E-state index is 12.1. The summed E-state index contributed by atoms with van der Waals surface area (Å²) in [5.74, 6) is 1.62. The molecule has 0 fully saturated rings. The first-order valence-corrected chi connectivity index (χ1v) is 9.00. The van der Waals surface area contributed by atoms with Gasteiger partial charge in [0.1, 0.15) is 12.7 Å². The zero-order valence-corrected chi connectivity index (χ0v) is 14.5.